The van der Waals surface area contributed by atoms with Crippen LogP contribution in [0.4, 0.5) is 0 Å². The Morgan fingerprint density at radius 2 is 2.05 bits per heavy atom. The van der Waals surface area contributed by atoms with Crippen molar-refractivity contribution in [1.82, 2.24) is 0 Å². The molecule has 0 aromatic heterocycles. The first kappa shape index (κ1) is 15.0. The molecule has 3 nitrogen and oxygen atoms in total. The summed E-state index contributed by atoms with van der Waals surface area (Å²) in [6, 6.07) is 0. The highest BCUT2D eigenvalue weighted by Gasteiger charge is 2.28. The van der Waals surface area contributed by atoms with E-state index in [1.54, 1.807) is 5.57 Å². The van der Waals surface area contributed by atoms with E-state index >= 15 is 0 Å². The van der Waals surface area contributed by atoms with E-state index < -0.39 is 0 Å². The molecule has 0 radical (unpaired) electrons. The average Bonchev–Trinajstić information content (AvgIpc) is 2.38. The molecule has 0 aromatic rings. The minimum Gasteiger partial charge on any atom is -0.341 e. The van der Waals surface area contributed by atoms with E-state index in [1.807, 2.05) is 4.90 Å². The molecule has 110 valence electrons. The monoisotopic (exact) mass is 268 g/mol. The lowest BCUT2D eigenvalue weighted by atomic mass is 9.75. The summed E-state index contributed by atoms with van der Waals surface area (Å²) in [5, 5.41) is 5.03. The molecule has 1 fully saturated rings. The van der Waals surface area contributed by atoms with Gasteiger partial charge in [0.2, 0.25) is 0 Å². The Hall–Kier alpha value is -0.380. The van der Waals surface area contributed by atoms with Gasteiger partial charge in [0.05, 0.1) is 6.54 Å². The zero-order chi connectivity index (χ0) is 13.7. The van der Waals surface area contributed by atoms with E-state index in [0.29, 0.717) is 0 Å². The van der Waals surface area contributed by atoms with Gasteiger partial charge in [-0.15, -0.1) is 0 Å². The molecule has 0 spiro atoms. The zero-order valence-corrected chi connectivity index (χ0v) is 13.1. The molecule has 0 amide bonds. The normalized spacial score (nSPS) is 33.2. The molecule has 0 saturated carbocycles. The number of nitrogens with one attached hydrogen (secondary N) is 1. The molecule has 2 aliphatic rings. The van der Waals surface area contributed by atoms with Crippen LogP contribution in [0.2, 0.25) is 0 Å². The molecule has 3 atom stereocenters. The van der Waals surface area contributed by atoms with Crippen molar-refractivity contribution in [3.05, 3.63) is 11.6 Å². The van der Waals surface area contributed by atoms with Gasteiger partial charge in [0.25, 0.3) is 0 Å². The minimum atomic E-state index is 0.775. The van der Waals surface area contributed by atoms with Gasteiger partial charge in [0, 0.05) is 5.92 Å². The standard InChI is InChI=1S/C16H31N3/c1-13-10-14(2)16(15(3)11-13)12-18-6-9-19-7-4-17-5-8-19/h10,14-18H,4-9,11-12H2,1-3H3/p+3/t14-,15+,16-/m1/s1. The molecule has 1 aliphatic carbocycles. The number of nitrogens with two attached hydrogens (primary N) is 2. The van der Waals surface area contributed by atoms with Gasteiger partial charge in [0.1, 0.15) is 39.3 Å². The first-order valence-corrected chi connectivity index (χ1v) is 8.31. The van der Waals surface area contributed by atoms with Crippen LogP contribution < -0.4 is 15.5 Å². The number of allylic oxidation sites excluding steroid dienone is 2. The minimum absolute atomic E-state index is 0.775. The van der Waals surface area contributed by atoms with Gasteiger partial charge in [0.15, 0.2) is 0 Å². The van der Waals surface area contributed by atoms with Crippen molar-refractivity contribution in [3.63, 3.8) is 0 Å². The molecular formula is C16H34N3+3. The Bertz CT molecular complexity index is 294. The van der Waals surface area contributed by atoms with Crippen LogP contribution in [-0.2, 0) is 0 Å². The van der Waals surface area contributed by atoms with Gasteiger partial charge >= 0.3 is 0 Å². The van der Waals surface area contributed by atoms with E-state index in [1.165, 1.54) is 52.2 Å². The van der Waals surface area contributed by atoms with Crippen molar-refractivity contribution in [3.8, 4) is 0 Å². The van der Waals surface area contributed by atoms with Crippen LogP contribution in [0.15, 0.2) is 11.6 Å². The second-order valence-corrected chi connectivity index (χ2v) is 6.90. The van der Waals surface area contributed by atoms with Crippen LogP contribution in [0.3, 0.4) is 0 Å². The average molecular weight is 268 g/mol. The molecule has 0 aromatic carbocycles. The van der Waals surface area contributed by atoms with Crippen LogP contribution in [-0.4, -0.2) is 45.8 Å². The Morgan fingerprint density at radius 1 is 1.32 bits per heavy atom. The molecule has 3 heteroatoms. The summed E-state index contributed by atoms with van der Waals surface area (Å²) in [4.78, 5) is 1.82. The maximum absolute atomic E-state index is 2.58. The fourth-order valence-corrected chi connectivity index (χ4v) is 4.01. The molecule has 0 bridgehead atoms. The molecule has 1 aliphatic heterocycles. The summed E-state index contributed by atoms with van der Waals surface area (Å²) in [5.74, 6) is 2.53. The Balaban J connectivity index is 1.64. The molecule has 2 rings (SSSR count). The van der Waals surface area contributed by atoms with E-state index in [4.69, 9.17) is 0 Å². The third kappa shape index (κ3) is 4.59. The first-order valence-electron chi connectivity index (χ1n) is 8.31. The summed E-state index contributed by atoms with van der Waals surface area (Å²) in [6.45, 7) is 16.5. The van der Waals surface area contributed by atoms with Gasteiger partial charge in [-0.2, -0.15) is 0 Å². The van der Waals surface area contributed by atoms with E-state index in [2.05, 4.69) is 37.5 Å². The lowest BCUT2D eigenvalue weighted by Gasteiger charge is -2.31. The summed E-state index contributed by atoms with van der Waals surface area (Å²) in [6.07, 6.45) is 3.82. The number of hydrogen-bond donors (Lipinski definition) is 3. The van der Waals surface area contributed by atoms with Crippen LogP contribution in [0, 0.1) is 17.8 Å². The Labute approximate surface area is 118 Å². The van der Waals surface area contributed by atoms with Crippen molar-refractivity contribution < 1.29 is 15.5 Å². The predicted molar refractivity (Wildman–Crippen MR) is 79.1 cm³/mol. The van der Waals surface area contributed by atoms with Crippen molar-refractivity contribution in [2.45, 2.75) is 27.2 Å². The molecule has 5 N–H and O–H groups in total. The van der Waals surface area contributed by atoms with E-state index in [9.17, 15) is 0 Å². The number of hydrogen-bond acceptors (Lipinski definition) is 0. The first-order chi connectivity index (χ1) is 9.16. The lowest BCUT2D eigenvalue weighted by molar-refractivity contribution is -0.955. The highest BCUT2D eigenvalue weighted by atomic mass is 15.2. The predicted octanol–water partition coefficient (Wildman–Crippen LogP) is -1.75. The van der Waals surface area contributed by atoms with Crippen molar-refractivity contribution in [1.29, 1.82) is 0 Å². The third-order valence-corrected chi connectivity index (χ3v) is 5.14. The maximum Gasteiger partial charge on any atom is 0.127 e. The van der Waals surface area contributed by atoms with Crippen LogP contribution in [0.25, 0.3) is 0 Å². The SMILES string of the molecule is CC1=C[C@@H](C)[C@@H](C[NH2+]CC[NH+]2CC[NH2+]CC2)[C@@H](C)C1. The zero-order valence-electron chi connectivity index (χ0n) is 13.1. The molecule has 0 unspecified atom stereocenters. The summed E-state index contributed by atoms with van der Waals surface area (Å²) >= 11 is 0. The lowest BCUT2D eigenvalue weighted by Crippen LogP contribution is -3.22. The smallest absolute Gasteiger partial charge is 0.127 e. The summed E-state index contributed by atoms with van der Waals surface area (Å²) in [7, 11) is 0. The van der Waals surface area contributed by atoms with Crippen LogP contribution in [0.1, 0.15) is 27.2 Å². The highest BCUT2D eigenvalue weighted by molar-refractivity contribution is 5.07. The molecule has 1 saturated heterocycles. The third-order valence-electron chi connectivity index (χ3n) is 5.14. The molecular weight excluding hydrogens is 234 g/mol. The quantitative estimate of drug-likeness (QED) is 0.391. The fraction of sp³-hybridized carbons (Fsp3) is 0.875. The number of rotatable bonds is 5. The van der Waals surface area contributed by atoms with E-state index in [-0.39, 0.29) is 0 Å². The highest BCUT2D eigenvalue weighted by Crippen LogP contribution is 2.32. The van der Waals surface area contributed by atoms with Crippen molar-refractivity contribution in [2.75, 3.05) is 45.8 Å². The molecule has 1 heterocycles. The largest absolute Gasteiger partial charge is 0.341 e. The number of piperazine rings is 1. The second kappa shape index (κ2) is 7.41. The van der Waals surface area contributed by atoms with Gasteiger partial charge in [-0.25, -0.2) is 0 Å². The van der Waals surface area contributed by atoms with Gasteiger partial charge < -0.3 is 15.5 Å². The van der Waals surface area contributed by atoms with Gasteiger partial charge in [-0.1, -0.05) is 25.5 Å². The maximum atomic E-state index is 2.58. The van der Waals surface area contributed by atoms with Crippen molar-refractivity contribution in [2.24, 2.45) is 17.8 Å². The Kier molecular flexibility index (Phi) is 5.86. The summed E-state index contributed by atoms with van der Waals surface area (Å²) < 4.78 is 0. The summed E-state index contributed by atoms with van der Waals surface area (Å²) in [5.41, 5.74) is 1.60. The van der Waals surface area contributed by atoms with E-state index in [0.717, 1.165) is 17.8 Å². The van der Waals surface area contributed by atoms with Gasteiger partial charge in [-0.3, -0.25) is 0 Å². The number of quaternary nitrogens is 3. The topological polar surface area (TPSA) is 37.7 Å². The second-order valence-electron chi connectivity index (χ2n) is 6.90. The van der Waals surface area contributed by atoms with Gasteiger partial charge in [-0.05, 0) is 25.2 Å². The van der Waals surface area contributed by atoms with Crippen LogP contribution in [0.5, 0.6) is 0 Å². The molecule has 19 heavy (non-hydrogen) atoms. The van der Waals surface area contributed by atoms with Crippen LogP contribution >= 0.6 is 0 Å². The fourth-order valence-electron chi connectivity index (χ4n) is 4.01. The Morgan fingerprint density at radius 3 is 2.74 bits per heavy atom. The van der Waals surface area contributed by atoms with Crippen molar-refractivity contribution >= 4 is 0 Å².